The van der Waals surface area contributed by atoms with Gasteiger partial charge in [-0.05, 0) is 19.8 Å². The van der Waals surface area contributed by atoms with Gasteiger partial charge in [0.2, 0.25) is 5.84 Å². The lowest BCUT2D eigenvalue weighted by atomic mass is 10.1. The van der Waals surface area contributed by atoms with Crippen LogP contribution in [0, 0.1) is 0 Å². The molecule has 0 aromatic heterocycles. The van der Waals surface area contributed by atoms with E-state index < -0.39 is 0 Å². The van der Waals surface area contributed by atoms with Crippen molar-refractivity contribution in [1.82, 2.24) is 4.90 Å². The fourth-order valence-corrected chi connectivity index (χ4v) is 3.94. The van der Waals surface area contributed by atoms with Crippen molar-refractivity contribution in [3.8, 4) is 0 Å². The number of hydrogen-bond donors (Lipinski definition) is 0. The van der Waals surface area contributed by atoms with Crippen LogP contribution in [0.5, 0.6) is 0 Å². The molecule has 0 atom stereocenters. The second kappa shape index (κ2) is 16.6. The topological polar surface area (TPSA) is 15.5 Å². The van der Waals surface area contributed by atoms with Crippen LogP contribution in [0.2, 0.25) is 0 Å². The highest BCUT2D eigenvalue weighted by Crippen LogP contribution is 2.12. The molecular formula is C23H47N2O+. The Morgan fingerprint density at radius 3 is 1.88 bits per heavy atom. The van der Waals surface area contributed by atoms with Crippen molar-refractivity contribution in [1.29, 1.82) is 0 Å². The molecule has 0 amide bonds. The van der Waals surface area contributed by atoms with Gasteiger partial charge in [-0.15, -0.1) is 0 Å². The molecule has 1 rings (SSSR count). The first-order chi connectivity index (χ1) is 12.8. The van der Waals surface area contributed by atoms with E-state index in [0.717, 1.165) is 26.4 Å². The van der Waals surface area contributed by atoms with Crippen LogP contribution in [0.15, 0.2) is 0 Å². The third-order valence-corrected chi connectivity index (χ3v) is 5.61. The molecule has 0 aromatic carbocycles. The summed E-state index contributed by atoms with van der Waals surface area (Å²) in [4.78, 5) is 2.51. The highest BCUT2D eigenvalue weighted by atomic mass is 16.5. The zero-order valence-electron chi connectivity index (χ0n) is 18.2. The van der Waals surface area contributed by atoms with E-state index in [-0.39, 0.29) is 0 Å². The Kier molecular flexibility index (Phi) is 15.0. The van der Waals surface area contributed by atoms with Gasteiger partial charge in [-0.2, -0.15) is 0 Å². The van der Waals surface area contributed by atoms with Crippen LogP contribution in [-0.4, -0.2) is 48.3 Å². The molecule has 0 aliphatic carbocycles. The van der Waals surface area contributed by atoms with Crippen molar-refractivity contribution in [3.05, 3.63) is 0 Å². The second-order valence-electron chi connectivity index (χ2n) is 7.94. The van der Waals surface area contributed by atoms with Crippen molar-refractivity contribution in [2.24, 2.45) is 0 Å². The highest BCUT2D eigenvalue weighted by Gasteiger charge is 2.27. The zero-order valence-corrected chi connectivity index (χ0v) is 18.2. The monoisotopic (exact) mass is 367 g/mol. The second-order valence-corrected chi connectivity index (χ2v) is 7.94. The number of likely N-dealkylation sites (N-methyl/N-ethyl adjacent to an activating group) is 1. The molecule has 26 heavy (non-hydrogen) atoms. The molecule has 0 radical (unpaired) electrons. The molecule has 1 heterocycles. The minimum Gasteiger partial charge on any atom is -0.342 e. The van der Waals surface area contributed by atoms with Gasteiger partial charge in [0.1, 0.15) is 13.1 Å². The molecule has 0 fully saturated rings. The summed E-state index contributed by atoms with van der Waals surface area (Å²) in [5, 5.41) is 0. The maximum absolute atomic E-state index is 5.96. The van der Waals surface area contributed by atoms with Crippen molar-refractivity contribution >= 4 is 5.84 Å². The lowest BCUT2D eigenvalue weighted by molar-refractivity contribution is -0.560. The van der Waals surface area contributed by atoms with Gasteiger partial charge in [-0.3, -0.25) is 4.90 Å². The standard InChI is InChI=1S/C23H47N2O/c1-4-7-8-9-10-11-12-13-14-15-16-17-21-26-22-25-20-19-24(6-3)23(25)18-5-2/h4-22H2,1-3H3/q+1. The lowest BCUT2D eigenvalue weighted by Crippen LogP contribution is -2.29. The summed E-state index contributed by atoms with van der Waals surface area (Å²) in [6.07, 6.45) is 19.3. The van der Waals surface area contributed by atoms with E-state index in [1.807, 2.05) is 0 Å². The number of ether oxygens (including phenoxy) is 1. The summed E-state index contributed by atoms with van der Waals surface area (Å²) in [7, 11) is 0. The quantitative estimate of drug-likeness (QED) is 0.211. The first kappa shape index (κ1) is 23.5. The van der Waals surface area contributed by atoms with Crippen LogP contribution in [0.25, 0.3) is 0 Å². The lowest BCUT2D eigenvalue weighted by Gasteiger charge is -2.10. The maximum Gasteiger partial charge on any atom is 0.248 e. The minimum atomic E-state index is 0.796. The van der Waals surface area contributed by atoms with E-state index in [2.05, 4.69) is 30.2 Å². The van der Waals surface area contributed by atoms with Crippen LogP contribution in [-0.2, 0) is 4.74 Å². The van der Waals surface area contributed by atoms with Gasteiger partial charge < -0.3 is 4.74 Å². The molecule has 1 aliphatic rings. The number of hydrogen-bond acceptors (Lipinski definition) is 2. The van der Waals surface area contributed by atoms with Crippen molar-refractivity contribution < 1.29 is 9.31 Å². The Balaban J connectivity index is 1.91. The molecule has 0 saturated carbocycles. The van der Waals surface area contributed by atoms with Gasteiger partial charge in [0.05, 0.1) is 13.2 Å². The third-order valence-electron chi connectivity index (χ3n) is 5.61. The summed E-state index contributed by atoms with van der Waals surface area (Å²) < 4.78 is 8.41. The number of rotatable bonds is 18. The number of nitrogens with zero attached hydrogens (tertiary/aromatic N) is 2. The van der Waals surface area contributed by atoms with Crippen molar-refractivity contribution in [2.75, 3.05) is 33.0 Å². The Hall–Kier alpha value is -0.570. The molecule has 0 spiro atoms. The van der Waals surface area contributed by atoms with Gasteiger partial charge in [0.25, 0.3) is 0 Å². The van der Waals surface area contributed by atoms with E-state index in [4.69, 9.17) is 4.74 Å². The average molecular weight is 368 g/mol. The molecule has 3 heteroatoms. The number of amidine groups is 1. The molecule has 0 unspecified atom stereocenters. The minimum absolute atomic E-state index is 0.796. The fraction of sp³-hybridized carbons (Fsp3) is 0.957. The predicted molar refractivity (Wildman–Crippen MR) is 114 cm³/mol. The summed E-state index contributed by atoms with van der Waals surface area (Å²) in [5.74, 6) is 1.50. The predicted octanol–water partition coefficient (Wildman–Crippen LogP) is 6.21. The molecule has 154 valence electrons. The number of unbranched alkanes of at least 4 members (excludes halogenated alkanes) is 11. The Morgan fingerprint density at radius 1 is 0.769 bits per heavy atom. The van der Waals surface area contributed by atoms with Crippen LogP contribution in [0.4, 0.5) is 0 Å². The third kappa shape index (κ3) is 10.5. The molecule has 0 saturated heterocycles. The first-order valence-corrected chi connectivity index (χ1v) is 11.8. The van der Waals surface area contributed by atoms with E-state index in [0.29, 0.717) is 0 Å². The molecule has 0 bridgehead atoms. The fourth-order valence-electron chi connectivity index (χ4n) is 3.94. The molecule has 0 aromatic rings. The van der Waals surface area contributed by atoms with E-state index in [9.17, 15) is 0 Å². The van der Waals surface area contributed by atoms with E-state index in [1.54, 1.807) is 0 Å². The van der Waals surface area contributed by atoms with Gasteiger partial charge in [0, 0.05) is 6.42 Å². The van der Waals surface area contributed by atoms with Crippen LogP contribution < -0.4 is 0 Å². The van der Waals surface area contributed by atoms with Gasteiger partial charge in [-0.25, -0.2) is 4.58 Å². The Labute approximate surface area is 164 Å². The largest absolute Gasteiger partial charge is 0.342 e. The maximum atomic E-state index is 5.96. The zero-order chi connectivity index (χ0) is 18.9. The van der Waals surface area contributed by atoms with Crippen LogP contribution >= 0.6 is 0 Å². The summed E-state index contributed by atoms with van der Waals surface area (Å²) in [6, 6.07) is 0. The van der Waals surface area contributed by atoms with Crippen molar-refractivity contribution in [2.45, 2.75) is 111 Å². The van der Waals surface area contributed by atoms with E-state index in [1.165, 1.54) is 102 Å². The molecule has 1 aliphatic heterocycles. The van der Waals surface area contributed by atoms with Gasteiger partial charge >= 0.3 is 0 Å². The van der Waals surface area contributed by atoms with Crippen molar-refractivity contribution in [3.63, 3.8) is 0 Å². The summed E-state index contributed by atoms with van der Waals surface area (Å²) >= 11 is 0. The average Bonchev–Trinajstić information content (AvgIpc) is 3.04. The normalized spacial score (nSPS) is 14.7. The Morgan fingerprint density at radius 2 is 1.35 bits per heavy atom. The molecule has 0 N–H and O–H groups in total. The summed E-state index contributed by atoms with van der Waals surface area (Å²) in [6.45, 7) is 12.0. The molecule has 3 nitrogen and oxygen atoms in total. The summed E-state index contributed by atoms with van der Waals surface area (Å²) in [5.41, 5.74) is 0. The smallest absolute Gasteiger partial charge is 0.248 e. The van der Waals surface area contributed by atoms with Gasteiger partial charge in [0.15, 0.2) is 6.73 Å². The molecular weight excluding hydrogens is 320 g/mol. The van der Waals surface area contributed by atoms with Gasteiger partial charge in [-0.1, -0.05) is 84.5 Å². The first-order valence-electron chi connectivity index (χ1n) is 11.8. The van der Waals surface area contributed by atoms with Crippen LogP contribution in [0.1, 0.15) is 111 Å². The van der Waals surface area contributed by atoms with Crippen LogP contribution in [0.3, 0.4) is 0 Å². The van der Waals surface area contributed by atoms with E-state index >= 15 is 0 Å². The SMILES string of the molecule is CCCCCCCCCCCCCCOC[N+]1=C(CCC)N(CC)CC1. The highest BCUT2D eigenvalue weighted by molar-refractivity contribution is 5.78. The Bertz CT molecular complexity index is 354.